The third-order valence-corrected chi connectivity index (χ3v) is 2.59. The van der Waals surface area contributed by atoms with Crippen molar-refractivity contribution in [2.75, 3.05) is 5.32 Å². The Hall–Kier alpha value is -1.78. The standard InChI is InChI=1S/C12H10ClNO3/c13-11-5-8(14-7-16)1-3-10(11)12-4-2-9(6-15)17-12/h1-5,7,15H,6H2,(H,14,16). The molecule has 1 amide bonds. The Kier molecular flexibility index (Phi) is 3.46. The fourth-order valence-corrected chi connectivity index (χ4v) is 1.75. The second-order valence-corrected chi connectivity index (χ2v) is 3.79. The summed E-state index contributed by atoms with van der Waals surface area (Å²) in [7, 11) is 0. The number of anilines is 1. The van der Waals surface area contributed by atoms with Crippen molar-refractivity contribution in [1.82, 2.24) is 0 Å². The lowest BCUT2D eigenvalue weighted by Gasteiger charge is -2.04. The summed E-state index contributed by atoms with van der Waals surface area (Å²) in [4.78, 5) is 10.3. The van der Waals surface area contributed by atoms with E-state index < -0.39 is 0 Å². The first-order chi connectivity index (χ1) is 8.24. The number of benzene rings is 1. The fraction of sp³-hybridized carbons (Fsp3) is 0.0833. The molecule has 0 saturated carbocycles. The number of aliphatic hydroxyl groups is 1. The molecule has 0 saturated heterocycles. The Bertz CT molecular complexity index is 536. The van der Waals surface area contributed by atoms with Gasteiger partial charge in [0, 0.05) is 11.3 Å². The van der Waals surface area contributed by atoms with Gasteiger partial charge in [-0.25, -0.2) is 0 Å². The van der Waals surface area contributed by atoms with E-state index in [9.17, 15) is 4.79 Å². The van der Waals surface area contributed by atoms with Crippen LogP contribution in [0.1, 0.15) is 5.76 Å². The number of carbonyl (C=O) groups is 1. The highest BCUT2D eigenvalue weighted by Crippen LogP contribution is 2.31. The summed E-state index contributed by atoms with van der Waals surface area (Å²) in [5.41, 5.74) is 1.32. The molecule has 2 aromatic rings. The summed E-state index contributed by atoms with van der Waals surface area (Å²) in [6.45, 7) is -0.150. The minimum atomic E-state index is -0.150. The predicted octanol–water partition coefficient (Wildman–Crippen LogP) is 2.66. The average molecular weight is 252 g/mol. The lowest BCUT2D eigenvalue weighted by molar-refractivity contribution is -0.105. The maximum Gasteiger partial charge on any atom is 0.211 e. The number of carbonyl (C=O) groups excluding carboxylic acids is 1. The molecule has 88 valence electrons. The van der Waals surface area contributed by atoms with Crippen molar-refractivity contribution in [3.05, 3.63) is 41.1 Å². The first-order valence-corrected chi connectivity index (χ1v) is 5.32. The summed E-state index contributed by atoms with van der Waals surface area (Å²) < 4.78 is 5.38. The van der Waals surface area contributed by atoms with Gasteiger partial charge in [0.15, 0.2) is 0 Å². The van der Waals surface area contributed by atoms with Crippen molar-refractivity contribution >= 4 is 23.7 Å². The van der Waals surface area contributed by atoms with Gasteiger partial charge in [0.1, 0.15) is 18.1 Å². The van der Waals surface area contributed by atoms with Gasteiger partial charge in [-0.3, -0.25) is 4.79 Å². The van der Waals surface area contributed by atoms with Crippen LogP contribution >= 0.6 is 11.6 Å². The van der Waals surface area contributed by atoms with Crippen molar-refractivity contribution in [2.24, 2.45) is 0 Å². The largest absolute Gasteiger partial charge is 0.459 e. The zero-order valence-corrected chi connectivity index (χ0v) is 9.57. The van der Waals surface area contributed by atoms with E-state index in [1.54, 1.807) is 30.3 Å². The van der Waals surface area contributed by atoms with Crippen molar-refractivity contribution in [2.45, 2.75) is 6.61 Å². The summed E-state index contributed by atoms with van der Waals surface area (Å²) >= 11 is 6.07. The van der Waals surface area contributed by atoms with Crippen molar-refractivity contribution in [3.63, 3.8) is 0 Å². The second kappa shape index (κ2) is 5.03. The molecule has 0 atom stereocenters. The van der Waals surface area contributed by atoms with Gasteiger partial charge >= 0.3 is 0 Å². The molecule has 0 fully saturated rings. The normalized spacial score (nSPS) is 10.2. The molecule has 0 radical (unpaired) electrons. The lowest BCUT2D eigenvalue weighted by Crippen LogP contribution is -1.93. The number of rotatable bonds is 4. The monoisotopic (exact) mass is 251 g/mol. The van der Waals surface area contributed by atoms with Crippen LogP contribution in [0.25, 0.3) is 11.3 Å². The minimum absolute atomic E-state index is 0.150. The molecule has 0 unspecified atom stereocenters. The highest BCUT2D eigenvalue weighted by Gasteiger charge is 2.08. The molecule has 0 bridgehead atoms. The third-order valence-electron chi connectivity index (χ3n) is 2.28. The van der Waals surface area contributed by atoms with Crippen LogP contribution in [0.2, 0.25) is 5.02 Å². The summed E-state index contributed by atoms with van der Waals surface area (Å²) in [6, 6.07) is 8.51. The average Bonchev–Trinajstić information content (AvgIpc) is 2.78. The molecule has 17 heavy (non-hydrogen) atoms. The van der Waals surface area contributed by atoms with Gasteiger partial charge in [-0.1, -0.05) is 11.6 Å². The summed E-state index contributed by atoms with van der Waals surface area (Å²) in [6.07, 6.45) is 0.585. The first kappa shape index (κ1) is 11.7. The van der Waals surface area contributed by atoms with Gasteiger partial charge < -0.3 is 14.8 Å². The van der Waals surface area contributed by atoms with Gasteiger partial charge in [0.2, 0.25) is 6.41 Å². The minimum Gasteiger partial charge on any atom is -0.459 e. The Labute approximate surface area is 103 Å². The van der Waals surface area contributed by atoms with Crippen LogP contribution in [0.15, 0.2) is 34.7 Å². The van der Waals surface area contributed by atoms with Crippen LogP contribution in [0.4, 0.5) is 5.69 Å². The number of aliphatic hydroxyl groups excluding tert-OH is 1. The van der Waals surface area contributed by atoms with Gasteiger partial charge in [-0.05, 0) is 30.3 Å². The molecule has 4 nitrogen and oxygen atoms in total. The Morgan fingerprint density at radius 3 is 2.76 bits per heavy atom. The molecule has 5 heteroatoms. The van der Waals surface area contributed by atoms with E-state index in [2.05, 4.69) is 5.32 Å². The molecular weight excluding hydrogens is 242 g/mol. The van der Waals surface area contributed by atoms with Gasteiger partial charge in [0.05, 0.1) is 5.02 Å². The number of hydrogen-bond acceptors (Lipinski definition) is 3. The molecular formula is C12H10ClNO3. The van der Waals surface area contributed by atoms with E-state index in [4.69, 9.17) is 21.1 Å². The molecule has 1 aromatic carbocycles. The van der Waals surface area contributed by atoms with Crippen LogP contribution < -0.4 is 5.32 Å². The van der Waals surface area contributed by atoms with Crippen LogP contribution in [-0.4, -0.2) is 11.5 Å². The Morgan fingerprint density at radius 1 is 1.35 bits per heavy atom. The molecule has 0 aliphatic rings. The SMILES string of the molecule is O=CNc1ccc(-c2ccc(CO)o2)c(Cl)c1. The molecule has 0 aliphatic carbocycles. The van der Waals surface area contributed by atoms with Crippen LogP contribution in [0, 0.1) is 0 Å². The van der Waals surface area contributed by atoms with Gasteiger partial charge in [0.25, 0.3) is 0 Å². The highest BCUT2D eigenvalue weighted by atomic mass is 35.5. The quantitative estimate of drug-likeness (QED) is 0.821. The summed E-state index contributed by atoms with van der Waals surface area (Å²) in [5, 5.41) is 11.9. The first-order valence-electron chi connectivity index (χ1n) is 4.94. The molecule has 0 spiro atoms. The van der Waals surface area contributed by atoms with E-state index in [1.807, 2.05) is 0 Å². The van der Waals surface area contributed by atoms with Crippen LogP contribution in [-0.2, 0) is 11.4 Å². The molecule has 1 aromatic heterocycles. The van der Waals surface area contributed by atoms with Gasteiger partial charge in [-0.15, -0.1) is 0 Å². The Morgan fingerprint density at radius 2 is 2.18 bits per heavy atom. The maximum absolute atomic E-state index is 10.3. The molecule has 1 heterocycles. The van der Waals surface area contributed by atoms with Gasteiger partial charge in [-0.2, -0.15) is 0 Å². The lowest BCUT2D eigenvalue weighted by atomic mass is 10.1. The highest BCUT2D eigenvalue weighted by molar-refractivity contribution is 6.33. The number of furan rings is 1. The predicted molar refractivity (Wildman–Crippen MR) is 64.8 cm³/mol. The van der Waals surface area contributed by atoms with E-state index in [1.165, 1.54) is 0 Å². The number of hydrogen-bond donors (Lipinski definition) is 2. The molecule has 2 N–H and O–H groups in total. The number of nitrogens with one attached hydrogen (secondary N) is 1. The van der Waals surface area contributed by atoms with Crippen LogP contribution in [0.3, 0.4) is 0 Å². The van der Waals surface area contributed by atoms with E-state index >= 15 is 0 Å². The second-order valence-electron chi connectivity index (χ2n) is 3.38. The smallest absolute Gasteiger partial charge is 0.211 e. The fourth-order valence-electron chi connectivity index (χ4n) is 1.48. The van der Waals surface area contributed by atoms with E-state index in [0.29, 0.717) is 34.2 Å². The van der Waals surface area contributed by atoms with E-state index in [-0.39, 0.29) is 6.61 Å². The van der Waals surface area contributed by atoms with Crippen molar-refractivity contribution in [1.29, 1.82) is 0 Å². The Balaban J connectivity index is 2.35. The topological polar surface area (TPSA) is 62.5 Å². The third kappa shape index (κ3) is 2.49. The van der Waals surface area contributed by atoms with Crippen molar-refractivity contribution in [3.8, 4) is 11.3 Å². The maximum atomic E-state index is 10.3. The summed E-state index contributed by atoms with van der Waals surface area (Å²) in [5.74, 6) is 1.06. The number of halogens is 1. The van der Waals surface area contributed by atoms with Crippen molar-refractivity contribution < 1.29 is 14.3 Å². The number of amides is 1. The van der Waals surface area contributed by atoms with Crippen LogP contribution in [0.5, 0.6) is 0 Å². The zero-order valence-electron chi connectivity index (χ0n) is 8.81. The molecule has 2 rings (SSSR count). The zero-order chi connectivity index (χ0) is 12.3. The molecule has 0 aliphatic heterocycles. The van der Waals surface area contributed by atoms with E-state index in [0.717, 1.165) is 0 Å².